The number of fused-ring (bicyclic) bond motifs is 1. The summed E-state index contributed by atoms with van der Waals surface area (Å²) in [4.78, 5) is 19.6. The Morgan fingerprint density at radius 3 is 2.59 bits per heavy atom. The first-order chi connectivity index (χ1) is 13.0. The number of pyridine rings is 1. The van der Waals surface area contributed by atoms with Crippen LogP contribution in [0, 0.1) is 0 Å². The molecular formula is C21H21Cl2N3O. The van der Waals surface area contributed by atoms with Crippen LogP contribution in [-0.2, 0) is 0 Å². The van der Waals surface area contributed by atoms with Gasteiger partial charge in [0, 0.05) is 17.5 Å². The number of aromatic nitrogens is 1. The third-order valence-electron chi connectivity index (χ3n) is 4.24. The van der Waals surface area contributed by atoms with Crippen molar-refractivity contribution in [1.29, 1.82) is 0 Å². The van der Waals surface area contributed by atoms with E-state index < -0.39 is 0 Å². The molecule has 0 saturated heterocycles. The van der Waals surface area contributed by atoms with E-state index >= 15 is 0 Å². The summed E-state index contributed by atoms with van der Waals surface area (Å²) in [5.74, 6) is -0.103. The van der Waals surface area contributed by atoms with Crippen molar-refractivity contribution in [3.63, 3.8) is 0 Å². The van der Waals surface area contributed by atoms with Crippen molar-refractivity contribution in [2.45, 2.75) is 6.42 Å². The maximum Gasteiger partial charge on any atom is 0.252 e. The molecule has 0 aliphatic heterocycles. The summed E-state index contributed by atoms with van der Waals surface area (Å²) in [6.07, 6.45) is 0.890. The van der Waals surface area contributed by atoms with Gasteiger partial charge in [0.2, 0.25) is 0 Å². The molecule has 1 N–H and O–H groups in total. The Balaban J connectivity index is 1.95. The van der Waals surface area contributed by atoms with Crippen molar-refractivity contribution in [3.8, 4) is 11.3 Å². The van der Waals surface area contributed by atoms with E-state index in [0.717, 1.165) is 29.4 Å². The Morgan fingerprint density at radius 1 is 1.07 bits per heavy atom. The number of hydrogen-bond acceptors (Lipinski definition) is 3. The molecule has 3 aromatic rings. The third kappa shape index (κ3) is 4.78. The van der Waals surface area contributed by atoms with Gasteiger partial charge in [-0.15, -0.1) is 0 Å². The highest BCUT2D eigenvalue weighted by Crippen LogP contribution is 2.30. The highest BCUT2D eigenvalue weighted by Gasteiger charge is 2.14. The first-order valence-corrected chi connectivity index (χ1v) is 9.49. The Labute approximate surface area is 169 Å². The number of nitrogens with one attached hydrogen (secondary N) is 1. The molecule has 1 heterocycles. The Kier molecular flexibility index (Phi) is 6.32. The van der Waals surface area contributed by atoms with Gasteiger partial charge in [0.1, 0.15) is 0 Å². The van der Waals surface area contributed by atoms with E-state index in [1.807, 2.05) is 50.5 Å². The first-order valence-electron chi connectivity index (χ1n) is 8.74. The van der Waals surface area contributed by atoms with E-state index in [1.54, 1.807) is 12.1 Å². The number of para-hydroxylation sites is 1. The quantitative estimate of drug-likeness (QED) is 0.597. The van der Waals surface area contributed by atoms with Gasteiger partial charge in [-0.2, -0.15) is 0 Å². The third-order valence-corrected chi connectivity index (χ3v) is 4.98. The van der Waals surface area contributed by atoms with Crippen LogP contribution in [0.25, 0.3) is 22.2 Å². The van der Waals surface area contributed by atoms with E-state index in [4.69, 9.17) is 28.2 Å². The Hall–Kier alpha value is -2.14. The molecule has 1 amide bonds. The molecule has 0 spiro atoms. The zero-order valence-electron chi connectivity index (χ0n) is 15.3. The molecule has 0 atom stereocenters. The molecule has 1 aromatic heterocycles. The van der Waals surface area contributed by atoms with Crippen molar-refractivity contribution in [1.82, 2.24) is 15.2 Å². The topological polar surface area (TPSA) is 45.2 Å². The minimum Gasteiger partial charge on any atom is -0.352 e. The van der Waals surface area contributed by atoms with Gasteiger partial charge in [0.15, 0.2) is 0 Å². The van der Waals surface area contributed by atoms with Crippen LogP contribution in [-0.4, -0.2) is 43.0 Å². The zero-order chi connectivity index (χ0) is 19.4. The predicted octanol–water partition coefficient (Wildman–Crippen LogP) is 4.89. The number of carbonyl (C=O) groups is 1. The molecule has 0 radical (unpaired) electrons. The average molecular weight is 402 g/mol. The second kappa shape index (κ2) is 8.70. The summed E-state index contributed by atoms with van der Waals surface area (Å²) in [6, 6.07) is 14.8. The van der Waals surface area contributed by atoms with Crippen LogP contribution < -0.4 is 5.32 Å². The molecule has 0 saturated carbocycles. The van der Waals surface area contributed by atoms with Crippen molar-refractivity contribution in [2.24, 2.45) is 0 Å². The Morgan fingerprint density at radius 2 is 1.85 bits per heavy atom. The summed E-state index contributed by atoms with van der Waals surface area (Å²) in [7, 11) is 4.03. The van der Waals surface area contributed by atoms with Crippen LogP contribution in [0.15, 0.2) is 48.5 Å². The fraction of sp³-hybridized carbons (Fsp3) is 0.238. The number of benzene rings is 2. The van der Waals surface area contributed by atoms with E-state index in [1.165, 1.54) is 0 Å². The van der Waals surface area contributed by atoms with Gasteiger partial charge in [-0.25, -0.2) is 4.98 Å². The molecule has 27 heavy (non-hydrogen) atoms. The van der Waals surface area contributed by atoms with E-state index in [2.05, 4.69) is 10.2 Å². The molecule has 6 heteroatoms. The maximum atomic E-state index is 12.8. The summed E-state index contributed by atoms with van der Waals surface area (Å²) >= 11 is 12.2. The molecule has 2 aromatic carbocycles. The molecule has 0 fully saturated rings. The SMILES string of the molecule is CN(C)CCCNC(=O)c1cc(-c2ccc(Cl)c(Cl)c2)nc2ccccc12. The van der Waals surface area contributed by atoms with Crippen LogP contribution >= 0.6 is 23.2 Å². The van der Waals surface area contributed by atoms with Gasteiger partial charge in [-0.05, 0) is 51.3 Å². The minimum atomic E-state index is -0.103. The van der Waals surface area contributed by atoms with Crippen LogP contribution in [0.1, 0.15) is 16.8 Å². The summed E-state index contributed by atoms with van der Waals surface area (Å²) in [5.41, 5.74) is 2.87. The van der Waals surface area contributed by atoms with E-state index in [-0.39, 0.29) is 5.91 Å². The standard InChI is InChI=1S/C21H21Cl2N3O/c1-26(2)11-5-10-24-21(27)16-13-20(14-8-9-17(22)18(23)12-14)25-19-7-4-3-6-15(16)19/h3-4,6-9,12-13H,5,10-11H2,1-2H3,(H,24,27). The Bertz CT molecular complexity index is 973. The van der Waals surface area contributed by atoms with Crippen LogP contribution in [0.5, 0.6) is 0 Å². The van der Waals surface area contributed by atoms with Crippen molar-refractivity contribution < 1.29 is 4.79 Å². The molecule has 0 bridgehead atoms. The number of carbonyl (C=O) groups excluding carboxylic acids is 1. The molecule has 140 valence electrons. The number of halogens is 2. The lowest BCUT2D eigenvalue weighted by Crippen LogP contribution is -2.27. The van der Waals surface area contributed by atoms with Gasteiger partial charge in [0.25, 0.3) is 5.91 Å². The number of amides is 1. The number of nitrogens with zero attached hydrogens (tertiary/aromatic N) is 2. The van der Waals surface area contributed by atoms with Crippen molar-refractivity contribution >= 4 is 40.0 Å². The van der Waals surface area contributed by atoms with Gasteiger partial charge >= 0.3 is 0 Å². The lowest BCUT2D eigenvalue weighted by atomic mass is 10.0. The van der Waals surface area contributed by atoms with Gasteiger partial charge in [-0.3, -0.25) is 4.79 Å². The highest BCUT2D eigenvalue weighted by molar-refractivity contribution is 6.42. The average Bonchev–Trinajstić information content (AvgIpc) is 2.66. The lowest BCUT2D eigenvalue weighted by molar-refractivity contribution is 0.0954. The van der Waals surface area contributed by atoms with Crippen LogP contribution in [0.2, 0.25) is 10.0 Å². The largest absolute Gasteiger partial charge is 0.352 e. The van der Waals surface area contributed by atoms with Crippen molar-refractivity contribution in [2.75, 3.05) is 27.2 Å². The molecule has 0 aliphatic rings. The van der Waals surface area contributed by atoms with Crippen molar-refractivity contribution in [3.05, 3.63) is 64.1 Å². The molecular weight excluding hydrogens is 381 g/mol. The number of hydrogen-bond donors (Lipinski definition) is 1. The van der Waals surface area contributed by atoms with Crippen LogP contribution in [0.4, 0.5) is 0 Å². The van der Waals surface area contributed by atoms with Gasteiger partial charge in [0.05, 0.1) is 26.8 Å². The summed E-state index contributed by atoms with van der Waals surface area (Å²) in [6.45, 7) is 1.54. The number of rotatable bonds is 6. The first kappa shape index (κ1) is 19.6. The molecule has 0 aliphatic carbocycles. The van der Waals surface area contributed by atoms with Gasteiger partial charge < -0.3 is 10.2 Å². The lowest BCUT2D eigenvalue weighted by Gasteiger charge is -2.12. The smallest absolute Gasteiger partial charge is 0.252 e. The highest BCUT2D eigenvalue weighted by atomic mass is 35.5. The fourth-order valence-corrected chi connectivity index (χ4v) is 3.16. The second-order valence-corrected chi connectivity index (χ2v) is 7.43. The van der Waals surface area contributed by atoms with Gasteiger partial charge in [-0.1, -0.05) is 47.5 Å². The maximum absolute atomic E-state index is 12.8. The van der Waals surface area contributed by atoms with Crippen LogP contribution in [0.3, 0.4) is 0 Å². The summed E-state index contributed by atoms with van der Waals surface area (Å²) in [5, 5.41) is 4.77. The zero-order valence-corrected chi connectivity index (χ0v) is 16.8. The minimum absolute atomic E-state index is 0.103. The van der Waals surface area contributed by atoms with E-state index in [0.29, 0.717) is 27.8 Å². The normalized spacial score (nSPS) is 11.1. The molecule has 0 unspecified atom stereocenters. The molecule has 3 rings (SSSR count). The summed E-state index contributed by atoms with van der Waals surface area (Å²) < 4.78 is 0. The van der Waals surface area contributed by atoms with E-state index in [9.17, 15) is 4.79 Å². The molecule has 4 nitrogen and oxygen atoms in total. The second-order valence-electron chi connectivity index (χ2n) is 6.61. The predicted molar refractivity (Wildman–Crippen MR) is 113 cm³/mol. The fourth-order valence-electron chi connectivity index (χ4n) is 2.86. The monoisotopic (exact) mass is 401 g/mol.